The standard InChI is InChI=1S/C24H23F4N7O4/c25-13-8-31-23(32-9-13)34-14-5-16(21(29)38)17-10-33-35(18(17)6-14)20(22(30)39)15(7-19(36)37)11-2-1-3-12(4-11)24(26,27)28/h1-6,10,13,15,20H,7-9H2,(H2,29,38)(H2,30,39)(H,36,37)(H2,31,32,34)/t15-,20?/m0/s1. The Labute approximate surface area is 217 Å². The summed E-state index contributed by atoms with van der Waals surface area (Å²) in [4.78, 5) is 40.7. The molecule has 4 rings (SSSR count). The Morgan fingerprint density at radius 1 is 1.21 bits per heavy atom. The van der Waals surface area contributed by atoms with E-state index < -0.39 is 54.1 Å². The molecule has 15 heteroatoms. The number of guanidine groups is 1. The van der Waals surface area contributed by atoms with Crippen molar-refractivity contribution in [1.29, 1.82) is 0 Å². The van der Waals surface area contributed by atoms with Crippen molar-refractivity contribution in [2.24, 2.45) is 16.5 Å². The third kappa shape index (κ3) is 5.91. The van der Waals surface area contributed by atoms with Crippen molar-refractivity contribution in [3.05, 3.63) is 59.3 Å². The Morgan fingerprint density at radius 2 is 1.95 bits per heavy atom. The van der Waals surface area contributed by atoms with E-state index in [0.717, 1.165) is 22.9 Å². The Bertz CT molecular complexity index is 1470. The average molecular weight is 549 g/mol. The van der Waals surface area contributed by atoms with E-state index in [9.17, 15) is 37.1 Å². The second-order valence-electron chi connectivity index (χ2n) is 8.88. The lowest BCUT2D eigenvalue weighted by atomic mass is 9.87. The number of carboxylic acid groups (broad SMARTS) is 1. The fourth-order valence-corrected chi connectivity index (χ4v) is 4.42. The Morgan fingerprint density at radius 3 is 2.54 bits per heavy atom. The van der Waals surface area contributed by atoms with Gasteiger partial charge in [-0.05, 0) is 23.8 Å². The molecule has 206 valence electrons. The molecule has 0 saturated carbocycles. The molecule has 0 saturated heterocycles. The van der Waals surface area contributed by atoms with Gasteiger partial charge in [0.2, 0.25) is 11.8 Å². The topological polar surface area (TPSA) is 178 Å². The van der Waals surface area contributed by atoms with Crippen LogP contribution in [0.25, 0.3) is 10.9 Å². The summed E-state index contributed by atoms with van der Waals surface area (Å²) in [6, 6.07) is 5.17. The summed E-state index contributed by atoms with van der Waals surface area (Å²) in [5, 5.41) is 19.5. The molecule has 0 spiro atoms. The average Bonchev–Trinajstić information content (AvgIpc) is 3.27. The van der Waals surface area contributed by atoms with Crippen molar-refractivity contribution in [3.63, 3.8) is 0 Å². The van der Waals surface area contributed by atoms with Crippen LogP contribution in [0.1, 0.15) is 39.9 Å². The van der Waals surface area contributed by atoms with Crippen molar-refractivity contribution < 1.29 is 37.1 Å². The largest absolute Gasteiger partial charge is 0.481 e. The fourth-order valence-electron chi connectivity index (χ4n) is 4.42. The van der Waals surface area contributed by atoms with Gasteiger partial charge in [0.15, 0.2) is 5.96 Å². The lowest BCUT2D eigenvalue weighted by molar-refractivity contribution is -0.138. The molecule has 11 nitrogen and oxygen atoms in total. The number of benzene rings is 2. The molecule has 0 aliphatic carbocycles. The predicted octanol–water partition coefficient (Wildman–Crippen LogP) is 2.15. The fraction of sp³-hybridized carbons (Fsp3) is 0.292. The van der Waals surface area contributed by atoms with E-state index in [4.69, 9.17) is 11.5 Å². The molecular weight excluding hydrogens is 526 g/mol. The van der Waals surface area contributed by atoms with E-state index in [-0.39, 0.29) is 46.8 Å². The van der Waals surface area contributed by atoms with Gasteiger partial charge < -0.3 is 27.2 Å². The van der Waals surface area contributed by atoms with Crippen molar-refractivity contribution >= 4 is 40.3 Å². The Balaban J connectivity index is 1.86. The molecule has 0 bridgehead atoms. The van der Waals surface area contributed by atoms with Crippen LogP contribution in [0.3, 0.4) is 0 Å². The number of hydrogen-bond donors (Lipinski definition) is 5. The highest BCUT2D eigenvalue weighted by molar-refractivity contribution is 6.08. The molecule has 1 aromatic heterocycles. The number of carbonyl (C=O) groups is 3. The number of carboxylic acids is 1. The molecule has 2 aromatic carbocycles. The maximum absolute atomic E-state index is 13.4. The molecule has 3 atom stereocenters. The normalized spacial score (nSPS) is 17.1. The third-order valence-electron chi connectivity index (χ3n) is 6.16. The number of alkyl halides is 4. The van der Waals surface area contributed by atoms with Crippen LogP contribution in [0.5, 0.6) is 0 Å². The predicted molar refractivity (Wildman–Crippen MR) is 132 cm³/mol. The summed E-state index contributed by atoms with van der Waals surface area (Å²) >= 11 is 0. The maximum atomic E-state index is 13.4. The van der Waals surface area contributed by atoms with Crippen LogP contribution in [0.4, 0.5) is 23.2 Å². The SMILES string of the molecule is NC(=O)c1cc(NC2=NCC(F)CN2)cc2c1cnn2C(C(N)=O)[C@@H](CC(=O)O)c1cccc(C(F)(F)F)c1. The number of carbonyl (C=O) groups excluding carboxylic acids is 2. The lowest BCUT2D eigenvalue weighted by Crippen LogP contribution is -2.41. The van der Waals surface area contributed by atoms with Crippen LogP contribution in [-0.4, -0.2) is 57.9 Å². The Hall–Kier alpha value is -4.69. The number of fused-ring (bicyclic) bond motifs is 1. The first-order valence-corrected chi connectivity index (χ1v) is 11.5. The molecule has 3 aromatic rings. The minimum Gasteiger partial charge on any atom is -0.481 e. The minimum atomic E-state index is -4.72. The number of aliphatic carboxylic acids is 1. The highest BCUT2D eigenvalue weighted by Gasteiger charge is 2.36. The molecule has 1 aliphatic heterocycles. The van der Waals surface area contributed by atoms with E-state index in [2.05, 4.69) is 20.7 Å². The van der Waals surface area contributed by atoms with Gasteiger partial charge >= 0.3 is 12.1 Å². The summed E-state index contributed by atoms with van der Waals surface area (Å²) in [7, 11) is 0. The minimum absolute atomic E-state index is 0.00764. The number of halogens is 4. The highest BCUT2D eigenvalue weighted by atomic mass is 19.4. The van der Waals surface area contributed by atoms with E-state index in [0.29, 0.717) is 0 Å². The molecule has 0 radical (unpaired) electrons. The van der Waals surface area contributed by atoms with Crippen LogP contribution in [0, 0.1) is 0 Å². The van der Waals surface area contributed by atoms with Crippen molar-refractivity contribution in [2.45, 2.75) is 30.7 Å². The zero-order valence-electron chi connectivity index (χ0n) is 20.1. The molecule has 2 heterocycles. The molecule has 1 aliphatic rings. The number of nitrogens with two attached hydrogens (primary N) is 2. The smallest absolute Gasteiger partial charge is 0.416 e. The van der Waals surface area contributed by atoms with Gasteiger partial charge in [-0.15, -0.1) is 0 Å². The molecular formula is C24H23F4N7O4. The van der Waals surface area contributed by atoms with E-state index in [1.165, 1.54) is 24.4 Å². The molecule has 39 heavy (non-hydrogen) atoms. The van der Waals surface area contributed by atoms with E-state index in [1.807, 2.05) is 0 Å². The van der Waals surface area contributed by atoms with Crippen molar-refractivity contribution in [2.75, 3.05) is 18.4 Å². The van der Waals surface area contributed by atoms with Crippen LogP contribution >= 0.6 is 0 Å². The van der Waals surface area contributed by atoms with Gasteiger partial charge in [-0.1, -0.05) is 18.2 Å². The van der Waals surface area contributed by atoms with Gasteiger partial charge in [0.1, 0.15) is 12.2 Å². The second-order valence-corrected chi connectivity index (χ2v) is 8.88. The lowest BCUT2D eigenvalue weighted by Gasteiger charge is -2.26. The van der Waals surface area contributed by atoms with Crippen LogP contribution in [-0.2, 0) is 15.8 Å². The summed E-state index contributed by atoms with van der Waals surface area (Å²) in [5.41, 5.74) is 10.4. The Kier molecular flexibility index (Phi) is 7.42. The highest BCUT2D eigenvalue weighted by Crippen LogP contribution is 2.38. The second kappa shape index (κ2) is 10.6. The van der Waals surface area contributed by atoms with Crippen LogP contribution in [0.2, 0.25) is 0 Å². The molecule has 0 fully saturated rings. The van der Waals surface area contributed by atoms with Gasteiger partial charge in [-0.2, -0.15) is 18.3 Å². The first-order valence-electron chi connectivity index (χ1n) is 11.5. The number of primary amides is 2. The van der Waals surface area contributed by atoms with Gasteiger partial charge in [0, 0.05) is 17.0 Å². The number of nitrogens with one attached hydrogen (secondary N) is 2. The third-order valence-corrected chi connectivity index (χ3v) is 6.16. The molecule has 2 amide bonds. The zero-order chi connectivity index (χ0) is 28.5. The number of nitrogens with zero attached hydrogens (tertiary/aromatic N) is 3. The summed E-state index contributed by atoms with van der Waals surface area (Å²) < 4.78 is 54.7. The van der Waals surface area contributed by atoms with E-state index >= 15 is 0 Å². The number of rotatable bonds is 8. The number of aromatic nitrogens is 2. The van der Waals surface area contributed by atoms with Gasteiger partial charge in [-0.3, -0.25) is 19.1 Å². The van der Waals surface area contributed by atoms with Crippen LogP contribution in [0.15, 0.2) is 47.6 Å². The van der Waals surface area contributed by atoms with Gasteiger partial charge in [-0.25, -0.2) is 9.38 Å². The zero-order valence-corrected chi connectivity index (χ0v) is 20.1. The quantitative estimate of drug-likeness (QED) is 0.267. The monoisotopic (exact) mass is 549 g/mol. The van der Waals surface area contributed by atoms with Gasteiger partial charge in [0.05, 0.1) is 42.4 Å². The number of amides is 2. The maximum Gasteiger partial charge on any atom is 0.416 e. The first kappa shape index (κ1) is 27.3. The van der Waals surface area contributed by atoms with Crippen molar-refractivity contribution in [1.82, 2.24) is 15.1 Å². The van der Waals surface area contributed by atoms with Gasteiger partial charge in [0.25, 0.3) is 0 Å². The number of aliphatic imine (C=N–C) groups is 1. The van der Waals surface area contributed by atoms with E-state index in [1.54, 1.807) is 0 Å². The van der Waals surface area contributed by atoms with Crippen LogP contribution < -0.4 is 22.1 Å². The molecule has 2 unspecified atom stereocenters. The first-order chi connectivity index (χ1) is 18.3. The van der Waals surface area contributed by atoms with Crippen molar-refractivity contribution in [3.8, 4) is 0 Å². The number of hydrogen-bond acceptors (Lipinski definition) is 7. The number of anilines is 1. The summed E-state index contributed by atoms with van der Waals surface area (Å²) in [6.07, 6.45) is -5.45. The molecule has 7 N–H and O–H groups in total. The summed E-state index contributed by atoms with van der Waals surface area (Å²) in [6.45, 7) is -0.109. The summed E-state index contributed by atoms with van der Waals surface area (Å²) in [5.74, 6) is -4.50.